The summed E-state index contributed by atoms with van der Waals surface area (Å²) in [4.78, 5) is 22.9. The molecule has 0 aliphatic heterocycles. The van der Waals surface area contributed by atoms with Gasteiger partial charge in [0, 0.05) is 23.0 Å². The van der Waals surface area contributed by atoms with Crippen molar-refractivity contribution in [3.63, 3.8) is 0 Å². The van der Waals surface area contributed by atoms with Crippen molar-refractivity contribution in [3.8, 4) is 0 Å². The van der Waals surface area contributed by atoms with Crippen molar-refractivity contribution in [2.75, 3.05) is 5.32 Å². The van der Waals surface area contributed by atoms with Crippen LogP contribution < -0.4 is 5.32 Å². The van der Waals surface area contributed by atoms with Crippen LogP contribution in [0.2, 0.25) is 5.02 Å². The number of hydrogen-bond acceptors (Lipinski definition) is 4. The minimum atomic E-state index is -4.01. The summed E-state index contributed by atoms with van der Waals surface area (Å²) >= 11 is 5.87. The van der Waals surface area contributed by atoms with Gasteiger partial charge in [0.1, 0.15) is 11.4 Å². The molecule has 0 bridgehead atoms. The lowest BCUT2D eigenvalue weighted by atomic mass is 10.2. The van der Waals surface area contributed by atoms with Crippen LogP contribution >= 0.6 is 11.6 Å². The number of halogens is 1. The zero-order valence-electron chi connectivity index (χ0n) is 15.1. The van der Waals surface area contributed by atoms with Gasteiger partial charge in [-0.3, -0.25) is 9.59 Å². The van der Waals surface area contributed by atoms with Crippen LogP contribution in [-0.2, 0) is 26.0 Å². The predicted molar refractivity (Wildman–Crippen MR) is 106 cm³/mol. The maximum absolute atomic E-state index is 13.4. The van der Waals surface area contributed by atoms with Crippen LogP contribution in [-0.4, -0.2) is 30.0 Å². The SMILES string of the molecule is CC(=O)Nc1cccc2c1c(S(=O)(=O)c1ccc(Cl)cc1)c(C)n2CC(=O)O. The van der Waals surface area contributed by atoms with Crippen molar-refractivity contribution in [2.45, 2.75) is 30.2 Å². The number of aromatic nitrogens is 1. The topological polar surface area (TPSA) is 105 Å². The fraction of sp³-hybridized carbons (Fsp3) is 0.158. The minimum Gasteiger partial charge on any atom is -0.480 e. The fourth-order valence-corrected chi connectivity index (χ4v) is 5.02. The first-order chi connectivity index (χ1) is 13.1. The molecule has 1 aromatic heterocycles. The Kier molecular flexibility index (Phi) is 5.18. The van der Waals surface area contributed by atoms with E-state index < -0.39 is 22.4 Å². The highest BCUT2D eigenvalue weighted by Gasteiger charge is 2.29. The van der Waals surface area contributed by atoms with Gasteiger partial charge in [-0.25, -0.2) is 8.42 Å². The summed E-state index contributed by atoms with van der Waals surface area (Å²) in [6, 6.07) is 10.5. The van der Waals surface area contributed by atoms with E-state index in [0.717, 1.165) is 0 Å². The average molecular weight is 421 g/mol. The molecular formula is C19H17ClN2O5S. The molecule has 9 heteroatoms. The second kappa shape index (κ2) is 7.29. The molecule has 2 aromatic carbocycles. The van der Waals surface area contributed by atoms with Crippen LogP contribution in [0.4, 0.5) is 5.69 Å². The van der Waals surface area contributed by atoms with Crippen LogP contribution in [0.15, 0.2) is 52.3 Å². The number of amides is 1. The predicted octanol–water partition coefficient (Wildman–Crippen LogP) is 3.48. The van der Waals surface area contributed by atoms with Gasteiger partial charge >= 0.3 is 5.97 Å². The number of carboxylic acid groups (broad SMARTS) is 1. The highest BCUT2D eigenvalue weighted by atomic mass is 35.5. The van der Waals surface area contributed by atoms with E-state index in [2.05, 4.69) is 5.32 Å². The molecule has 2 N–H and O–H groups in total. The number of sulfone groups is 1. The van der Waals surface area contributed by atoms with Crippen LogP contribution in [0.1, 0.15) is 12.6 Å². The van der Waals surface area contributed by atoms with Crippen molar-refractivity contribution < 1.29 is 23.1 Å². The van der Waals surface area contributed by atoms with E-state index in [0.29, 0.717) is 16.2 Å². The molecule has 0 aliphatic carbocycles. The molecule has 0 saturated carbocycles. The Hall–Kier alpha value is -2.84. The van der Waals surface area contributed by atoms with Gasteiger partial charge in [0.25, 0.3) is 0 Å². The number of carbonyl (C=O) groups excluding carboxylic acids is 1. The molecule has 0 radical (unpaired) electrons. The minimum absolute atomic E-state index is 0.0204. The largest absolute Gasteiger partial charge is 0.480 e. The zero-order chi connectivity index (χ0) is 20.6. The second-order valence-electron chi connectivity index (χ2n) is 6.23. The molecule has 0 unspecified atom stereocenters. The number of benzene rings is 2. The molecule has 0 aliphatic rings. The van der Waals surface area contributed by atoms with Crippen molar-refractivity contribution in [1.82, 2.24) is 4.57 Å². The van der Waals surface area contributed by atoms with Crippen molar-refractivity contribution in [3.05, 3.63) is 53.2 Å². The summed E-state index contributed by atoms with van der Waals surface area (Å²) in [6.07, 6.45) is 0. The van der Waals surface area contributed by atoms with E-state index in [-0.39, 0.29) is 26.8 Å². The molecule has 1 amide bonds. The number of anilines is 1. The molecule has 7 nitrogen and oxygen atoms in total. The number of rotatable bonds is 5. The number of carbonyl (C=O) groups is 2. The number of carboxylic acids is 1. The van der Waals surface area contributed by atoms with Gasteiger partial charge in [-0.15, -0.1) is 0 Å². The van der Waals surface area contributed by atoms with Crippen LogP contribution in [0.5, 0.6) is 0 Å². The van der Waals surface area contributed by atoms with Crippen LogP contribution in [0.25, 0.3) is 10.9 Å². The monoisotopic (exact) mass is 420 g/mol. The van der Waals surface area contributed by atoms with Gasteiger partial charge in [0.05, 0.1) is 16.1 Å². The van der Waals surface area contributed by atoms with E-state index in [1.54, 1.807) is 25.1 Å². The van der Waals surface area contributed by atoms with E-state index in [1.807, 2.05) is 0 Å². The third-order valence-corrected chi connectivity index (χ3v) is 6.47. The Morgan fingerprint density at radius 2 is 1.79 bits per heavy atom. The first kappa shape index (κ1) is 19.9. The molecule has 28 heavy (non-hydrogen) atoms. The Morgan fingerprint density at radius 1 is 1.14 bits per heavy atom. The van der Waals surface area contributed by atoms with E-state index in [1.165, 1.54) is 35.8 Å². The molecular weight excluding hydrogens is 404 g/mol. The Labute approximate surface area is 166 Å². The lowest BCUT2D eigenvalue weighted by Crippen LogP contribution is -2.11. The maximum atomic E-state index is 13.4. The quantitative estimate of drug-likeness (QED) is 0.657. The normalized spacial score (nSPS) is 11.5. The van der Waals surface area contributed by atoms with Crippen molar-refractivity contribution >= 4 is 49.9 Å². The van der Waals surface area contributed by atoms with E-state index >= 15 is 0 Å². The molecule has 0 spiro atoms. The number of aliphatic carboxylic acids is 1. The molecule has 1 heterocycles. The maximum Gasteiger partial charge on any atom is 0.323 e. The third-order valence-electron chi connectivity index (χ3n) is 4.29. The van der Waals surface area contributed by atoms with E-state index in [9.17, 15) is 23.1 Å². The second-order valence-corrected chi connectivity index (χ2v) is 8.56. The fourth-order valence-electron chi connectivity index (χ4n) is 3.18. The summed E-state index contributed by atoms with van der Waals surface area (Å²) in [5.74, 6) is -1.48. The molecule has 146 valence electrons. The number of nitrogens with one attached hydrogen (secondary N) is 1. The lowest BCUT2D eigenvalue weighted by Gasteiger charge is -2.09. The molecule has 3 aromatic rings. The number of hydrogen-bond donors (Lipinski definition) is 2. The Balaban J connectivity index is 2.40. The van der Waals surface area contributed by atoms with Gasteiger partial charge in [-0.05, 0) is 43.3 Å². The Bertz CT molecular complexity index is 1200. The number of nitrogens with zero attached hydrogens (tertiary/aromatic N) is 1. The summed E-state index contributed by atoms with van der Waals surface area (Å²) in [7, 11) is -4.01. The Morgan fingerprint density at radius 3 is 2.36 bits per heavy atom. The summed E-state index contributed by atoms with van der Waals surface area (Å²) in [5, 5.41) is 12.6. The number of fused-ring (bicyclic) bond motifs is 1. The summed E-state index contributed by atoms with van der Waals surface area (Å²) in [6.45, 7) is 2.44. The van der Waals surface area contributed by atoms with Crippen molar-refractivity contribution in [1.29, 1.82) is 0 Å². The van der Waals surface area contributed by atoms with Gasteiger partial charge < -0.3 is 15.0 Å². The third kappa shape index (κ3) is 3.48. The molecule has 0 saturated heterocycles. The van der Waals surface area contributed by atoms with Gasteiger partial charge in [0.2, 0.25) is 15.7 Å². The van der Waals surface area contributed by atoms with Gasteiger partial charge in [-0.1, -0.05) is 17.7 Å². The average Bonchev–Trinajstić information content (AvgIpc) is 2.88. The summed E-state index contributed by atoms with van der Waals surface area (Å²) in [5.41, 5.74) is 0.966. The van der Waals surface area contributed by atoms with Gasteiger partial charge in [-0.2, -0.15) is 0 Å². The zero-order valence-corrected chi connectivity index (χ0v) is 16.6. The molecule has 0 fully saturated rings. The van der Waals surface area contributed by atoms with Crippen molar-refractivity contribution in [2.24, 2.45) is 0 Å². The smallest absolute Gasteiger partial charge is 0.323 e. The summed E-state index contributed by atoms with van der Waals surface area (Å²) < 4.78 is 28.2. The van der Waals surface area contributed by atoms with E-state index in [4.69, 9.17) is 11.6 Å². The van der Waals surface area contributed by atoms with Gasteiger partial charge in [0.15, 0.2) is 0 Å². The highest BCUT2D eigenvalue weighted by Crippen LogP contribution is 2.38. The lowest BCUT2D eigenvalue weighted by molar-refractivity contribution is -0.137. The first-order valence-corrected chi connectivity index (χ1v) is 10.1. The molecule has 3 rings (SSSR count). The standard InChI is InChI=1S/C19H17ClN2O5S/c1-11-19(28(26,27)14-8-6-13(20)7-9-14)18-15(21-12(2)23)4-3-5-16(18)22(11)10-17(24)25/h3-9H,10H2,1-2H3,(H,21,23)(H,24,25). The first-order valence-electron chi connectivity index (χ1n) is 8.24. The highest BCUT2D eigenvalue weighted by molar-refractivity contribution is 7.91. The van der Waals surface area contributed by atoms with Crippen LogP contribution in [0, 0.1) is 6.92 Å². The molecule has 0 atom stereocenters. The van der Waals surface area contributed by atoms with Crippen LogP contribution in [0.3, 0.4) is 0 Å².